The lowest BCUT2D eigenvalue weighted by molar-refractivity contribution is -0.870. The molecule has 0 aliphatic carbocycles. The van der Waals surface area contributed by atoms with Crippen LogP contribution in [-0.2, 0) is 33.3 Å². The summed E-state index contributed by atoms with van der Waals surface area (Å²) in [6, 6.07) is 0. The molecule has 2 unspecified atom stereocenters. The third-order valence-electron chi connectivity index (χ3n) is 15.1. The van der Waals surface area contributed by atoms with E-state index in [1.54, 1.807) is 0 Å². The van der Waals surface area contributed by atoms with E-state index < -0.39 is 24.3 Å². The van der Waals surface area contributed by atoms with Crippen molar-refractivity contribution in [2.75, 3.05) is 47.5 Å². The molecule has 0 aliphatic heterocycles. The Morgan fingerprint density at radius 1 is 0.337 bits per heavy atom. The van der Waals surface area contributed by atoms with Crippen LogP contribution in [0.2, 0.25) is 0 Å². The van der Waals surface area contributed by atoms with Crippen molar-refractivity contribution in [3.05, 3.63) is 146 Å². The number of ether oxygens (including phenoxy) is 4. The van der Waals surface area contributed by atoms with Crippen molar-refractivity contribution in [1.29, 1.82) is 0 Å². The zero-order valence-corrected chi connectivity index (χ0v) is 57.8. The molecule has 0 fully saturated rings. The second kappa shape index (κ2) is 69.1. The fourth-order valence-corrected chi connectivity index (χ4v) is 9.67. The number of rotatable bonds is 65. The van der Waals surface area contributed by atoms with Crippen molar-refractivity contribution in [1.82, 2.24) is 0 Å². The largest absolute Gasteiger partial charge is 0.477 e. The standard InChI is InChI=1S/C80H133NO8/c1-6-8-10-12-14-16-18-20-22-24-26-28-30-32-33-34-35-36-37-38-39-40-41-42-43-44-45-47-49-51-53-55-57-59-61-63-65-67-69-71-78(83)89-76(75-88-80(79(84)85)86-73-72-81(3,4)5)74-87-77(82)70-68-66-64-62-60-58-56-54-52-50-48-46-31-29-27-25-23-21-19-17-15-13-11-9-7-2/h8-11,14-17,20-23,26-29,32-33,35-36,46,48,52,54,76,80H,6-7,12-13,18-19,24-25,30-31,34,37-45,47,49-51,53,55-75H2,1-5H3/p+1/b10-8-,11-9-,16-14-,17-15-,22-20-,23-21-,28-26-,29-27-,33-32-,36-35-,48-46-,54-52-. The molecule has 0 amide bonds. The molecule has 0 bridgehead atoms. The van der Waals surface area contributed by atoms with E-state index in [1.807, 2.05) is 21.1 Å². The molecule has 0 aromatic carbocycles. The molecule has 0 aromatic heterocycles. The lowest BCUT2D eigenvalue weighted by Crippen LogP contribution is -2.40. The maximum Gasteiger partial charge on any atom is 0.361 e. The van der Waals surface area contributed by atoms with Gasteiger partial charge in [-0.1, -0.05) is 301 Å². The number of nitrogens with zero attached hydrogens (tertiary/aromatic N) is 1. The Balaban J connectivity index is 4.09. The van der Waals surface area contributed by atoms with E-state index in [9.17, 15) is 19.5 Å². The molecular formula is C80H134NO8+. The minimum atomic E-state index is -1.52. The van der Waals surface area contributed by atoms with Gasteiger partial charge in [0.15, 0.2) is 6.10 Å². The van der Waals surface area contributed by atoms with Crippen LogP contribution in [-0.4, -0.2) is 87.4 Å². The minimum absolute atomic E-state index is 0.180. The number of quaternary nitrogens is 1. The van der Waals surface area contributed by atoms with Gasteiger partial charge in [0, 0.05) is 12.8 Å². The summed E-state index contributed by atoms with van der Waals surface area (Å²) < 4.78 is 23.0. The Morgan fingerprint density at radius 2 is 0.607 bits per heavy atom. The van der Waals surface area contributed by atoms with Crippen LogP contribution in [0.25, 0.3) is 0 Å². The highest BCUT2D eigenvalue weighted by atomic mass is 16.7. The molecule has 0 aromatic rings. The fourth-order valence-electron chi connectivity index (χ4n) is 9.67. The van der Waals surface area contributed by atoms with Gasteiger partial charge in [0.1, 0.15) is 13.2 Å². The van der Waals surface area contributed by atoms with E-state index in [2.05, 4.69) is 160 Å². The summed E-state index contributed by atoms with van der Waals surface area (Å²) in [6.45, 7) is 4.64. The fraction of sp³-hybridized carbons (Fsp3) is 0.662. The van der Waals surface area contributed by atoms with Crippen molar-refractivity contribution in [3.63, 3.8) is 0 Å². The SMILES string of the molecule is CC/C=C\C/C=C\C/C=C\C/C=C\C/C=C\C/C=C\CCCCCCCCCCCCCCCCCCCCCCC(=O)OC(COC(=O)CCCCCCCC/C=C\C/C=C\C/C=C\C/C=C\C/C=C\C/C=C\CC)COC(OCC[N+](C)(C)C)C(=O)O. The molecule has 9 nitrogen and oxygen atoms in total. The first-order valence-electron chi connectivity index (χ1n) is 36.0. The molecule has 9 heteroatoms. The Hall–Kier alpha value is -4.83. The highest BCUT2D eigenvalue weighted by molar-refractivity contribution is 5.71. The third kappa shape index (κ3) is 70.5. The third-order valence-corrected chi connectivity index (χ3v) is 15.1. The summed E-state index contributed by atoms with van der Waals surface area (Å²) in [5.74, 6) is -2.03. The Bertz CT molecular complexity index is 1970. The molecule has 0 saturated carbocycles. The van der Waals surface area contributed by atoms with Crippen LogP contribution in [0.1, 0.15) is 284 Å². The number of hydrogen-bond donors (Lipinski definition) is 1. The quantitative estimate of drug-likeness (QED) is 0.0211. The van der Waals surface area contributed by atoms with Crippen molar-refractivity contribution in [2.45, 2.75) is 296 Å². The summed E-state index contributed by atoms with van der Waals surface area (Å²) in [4.78, 5) is 37.6. The number of hydrogen-bond acceptors (Lipinski definition) is 7. The number of carbonyl (C=O) groups is 3. The van der Waals surface area contributed by atoms with Gasteiger partial charge in [-0.2, -0.15) is 0 Å². The summed E-state index contributed by atoms with van der Waals surface area (Å²) >= 11 is 0. The predicted molar refractivity (Wildman–Crippen MR) is 382 cm³/mol. The van der Waals surface area contributed by atoms with Crippen LogP contribution in [0.15, 0.2) is 146 Å². The number of unbranched alkanes of at least 4 members (excludes halogenated alkanes) is 26. The second-order valence-corrected chi connectivity index (χ2v) is 24.8. The Labute approximate surface area is 547 Å². The first-order chi connectivity index (χ1) is 43.6. The Kier molecular flexibility index (Phi) is 65.3. The number of carbonyl (C=O) groups excluding carboxylic acids is 2. The molecule has 0 radical (unpaired) electrons. The first kappa shape index (κ1) is 84.2. The highest BCUT2D eigenvalue weighted by Crippen LogP contribution is 2.17. The van der Waals surface area contributed by atoms with Gasteiger partial charge in [-0.25, -0.2) is 4.79 Å². The smallest absolute Gasteiger partial charge is 0.361 e. The summed E-state index contributed by atoms with van der Waals surface area (Å²) in [5.41, 5.74) is 0. The van der Waals surface area contributed by atoms with Crippen LogP contribution in [0.3, 0.4) is 0 Å². The van der Waals surface area contributed by atoms with Crippen LogP contribution in [0.5, 0.6) is 0 Å². The summed E-state index contributed by atoms with van der Waals surface area (Å²) in [5, 5.41) is 9.75. The van der Waals surface area contributed by atoms with Gasteiger partial charge in [0.2, 0.25) is 0 Å². The van der Waals surface area contributed by atoms with Gasteiger partial charge in [0.05, 0.1) is 34.4 Å². The van der Waals surface area contributed by atoms with Crippen LogP contribution >= 0.6 is 0 Å². The van der Waals surface area contributed by atoms with Gasteiger partial charge in [0.25, 0.3) is 6.29 Å². The molecule has 506 valence electrons. The van der Waals surface area contributed by atoms with Gasteiger partial charge in [-0.3, -0.25) is 9.59 Å². The normalized spacial score (nSPS) is 13.6. The average Bonchev–Trinajstić information content (AvgIpc) is 3.64. The molecule has 0 saturated heterocycles. The topological polar surface area (TPSA) is 108 Å². The van der Waals surface area contributed by atoms with E-state index >= 15 is 0 Å². The van der Waals surface area contributed by atoms with Crippen molar-refractivity contribution >= 4 is 17.9 Å². The maximum absolute atomic E-state index is 13.0. The van der Waals surface area contributed by atoms with Crippen LogP contribution in [0.4, 0.5) is 0 Å². The number of carboxylic acid groups (broad SMARTS) is 1. The predicted octanol–water partition coefficient (Wildman–Crippen LogP) is 22.7. The summed E-state index contributed by atoms with van der Waals surface area (Å²) in [7, 11) is 5.97. The number of aliphatic carboxylic acids is 1. The zero-order chi connectivity index (χ0) is 64.7. The maximum atomic E-state index is 13.0. The number of allylic oxidation sites excluding steroid dienone is 24. The molecule has 2 atom stereocenters. The second-order valence-electron chi connectivity index (χ2n) is 24.8. The molecule has 0 heterocycles. The molecular weight excluding hydrogens is 1100 g/mol. The van der Waals surface area contributed by atoms with Gasteiger partial charge < -0.3 is 28.5 Å². The average molecular weight is 1240 g/mol. The van der Waals surface area contributed by atoms with E-state index in [0.29, 0.717) is 17.4 Å². The Morgan fingerprint density at radius 3 is 0.899 bits per heavy atom. The van der Waals surface area contributed by atoms with Crippen molar-refractivity contribution in [3.8, 4) is 0 Å². The van der Waals surface area contributed by atoms with Crippen LogP contribution in [0, 0.1) is 0 Å². The number of likely N-dealkylation sites (N-methyl/N-ethyl adjacent to an activating group) is 1. The van der Waals surface area contributed by atoms with Crippen LogP contribution < -0.4 is 0 Å². The van der Waals surface area contributed by atoms with E-state index in [4.69, 9.17) is 18.9 Å². The molecule has 1 N–H and O–H groups in total. The van der Waals surface area contributed by atoms with E-state index in [1.165, 1.54) is 116 Å². The zero-order valence-electron chi connectivity index (χ0n) is 57.8. The first-order valence-corrected chi connectivity index (χ1v) is 36.0. The molecule has 0 aliphatic rings. The van der Waals surface area contributed by atoms with E-state index in [-0.39, 0.29) is 38.6 Å². The van der Waals surface area contributed by atoms with Crippen molar-refractivity contribution < 1.29 is 42.9 Å². The lowest BCUT2D eigenvalue weighted by Gasteiger charge is -2.25. The van der Waals surface area contributed by atoms with Gasteiger partial charge in [-0.15, -0.1) is 0 Å². The van der Waals surface area contributed by atoms with Crippen molar-refractivity contribution in [2.24, 2.45) is 0 Å². The monoisotopic (exact) mass is 1240 g/mol. The molecule has 89 heavy (non-hydrogen) atoms. The number of esters is 2. The molecule has 0 rings (SSSR count). The molecule has 0 spiro atoms. The van der Waals surface area contributed by atoms with Gasteiger partial charge >= 0.3 is 17.9 Å². The van der Waals surface area contributed by atoms with Gasteiger partial charge in [-0.05, 0) is 116 Å². The minimum Gasteiger partial charge on any atom is -0.477 e. The highest BCUT2D eigenvalue weighted by Gasteiger charge is 2.25. The van der Waals surface area contributed by atoms with E-state index in [0.717, 1.165) is 135 Å². The lowest BCUT2D eigenvalue weighted by atomic mass is 10.0. The number of carboxylic acids is 1. The summed E-state index contributed by atoms with van der Waals surface area (Å²) in [6.07, 6.45) is 98.2.